The number of carbonyl (C=O) groups excluding carboxylic acids is 1. The lowest BCUT2D eigenvalue weighted by atomic mass is 9.99. The summed E-state index contributed by atoms with van der Waals surface area (Å²) in [6.07, 6.45) is 2.70. The van der Waals surface area contributed by atoms with Gasteiger partial charge in [-0.3, -0.25) is 9.20 Å². The van der Waals surface area contributed by atoms with E-state index in [2.05, 4.69) is 0 Å². The van der Waals surface area contributed by atoms with Gasteiger partial charge < -0.3 is 9.47 Å². The number of ether oxygens (including phenoxy) is 2. The Kier molecular flexibility index (Phi) is 4.07. The third kappa shape index (κ3) is 3.06. The Balaban J connectivity index is 1.67. The molecular weight excluding hydrogens is 318 g/mol. The summed E-state index contributed by atoms with van der Waals surface area (Å²) in [6, 6.07) is 15.9. The fourth-order valence-electron chi connectivity index (χ4n) is 3.08. The molecule has 0 aliphatic carbocycles. The van der Waals surface area contributed by atoms with Crippen molar-refractivity contribution < 1.29 is 14.3 Å². The summed E-state index contributed by atoms with van der Waals surface area (Å²) in [5.74, 6) is 0.121. The molecule has 1 aliphatic rings. The van der Waals surface area contributed by atoms with Crippen molar-refractivity contribution in [3.63, 3.8) is 0 Å². The van der Waals surface area contributed by atoms with Crippen LogP contribution in [0.5, 0.6) is 5.75 Å². The molecule has 3 heterocycles. The van der Waals surface area contributed by atoms with Crippen LogP contribution in [0.1, 0.15) is 28.3 Å². The fraction of sp³-hybridized carbons (Fsp3) is 0.200. The number of esters is 1. The van der Waals surface area contributed by atoms with Gasteiger partial charge in [0.25, 0.3) is 5.56 Å². The molecular formula is C20H17NO4. The Morgan fingerprint density at radius 3 is 2.72 bits per heavy atom. The van der Waals surface area contributed by atoms with E-state index in [1.165, 1.54) is 10.5 Å². The standard InChI is InChI=1S/C20H17NO4/c22-19-18(20(23)25-17-4-2-1-3-5-17)7-6-16-12-14(8-10-21(16)19)15-9-11-24-13-15/h1-8,10,12,15H,9,11,13H2. The van der Waals surface area contributed by atoms with Crippen LogP contribution in [0, 0.1) is 0 Å². The van der Waals surface area contributed by atoms with Crippen LogP contribution in [-0.4, -0.2) is 23.6 Å². The Labute approximate surface area is 144 Å². The first kappa shape index (κ1) is 15.6. The minimum atomic E-state index is -0.654. The smallest absolute Gasteiger partial charge is 0.349 e. The van der Waals surface area contributed by atoms with E-state index in [-0.39, 0.29) is 11.1 Å². The molecule has 0 saturated carbocycles. The van der Waals surface area contributed by atoms with E-state index in [1.54, 1.807) is 36.5 Å². The number of carbonyl (C=O) groups is 1. The lowest BCUT2D eigenvalue weighted by Crippen LogP contribution is -2.24. The van der Waals surface area contributed by atoms with E-state index >= 15 is 0 Å². The summed E-state index contributed by atoms with van der Waals surface area (Å²) < 4.78 is 12.2. The Bertz CT molecular complexity index is 972. The van der Waals surface area contributed by atoms with Gasteiger partial charge in [-0.15, -0.1) is 0 Å². The van der Waals surface area contributed by atoms with Crippen LogP contribution in [-0.2, 0) is 4.74 Å². The Morgan fingerprint density at radius 2 is 1.96 bits per heavy atom. The van der Waals surface area contributed by atoms with Crippen molar-refractivity contribution in [2.45, 2.75) is 12.3 Å². The van der Waals surface area contributed by atoms with Crippen molar-refractivity contribution in [1.82, 2.24) is 4.40 Å². The number of pyridine rings is 2. The van der Waals surface area contributed by atoms with Gasteiger partial charge in [-0.2, -0.15) is 0 Å². The maximum Gasteiger partial charge on any atom is 0.349 e. The molecule has 0 amide bonds. The zero-order valence-electron chi connectivity index (χ0n) is 13.6. The summed E-state index contributed by atoms with van der Waals surface area (Å²) >= 11 is 0. The number of nitrogens with zero attached hydrogens (tertiary/aromatic N) is 1. The monoisotopic (exact) mass is 335 g/mol. The molecule has 1 atom stereocenters. The van der Waals surface area contributed by atoms with E-state index in [0.717, 1.165) is 24.1 Å². The largest absolute Gasteiger partial charge is 0.423 e. The minimum Gasteiger partial charge on any atom is -0.423 e. The predicted octanol–water partition coefficient (Wildman–Crippen LogP) is 3.02. The lowest BCUT2D eigenvalue weighted by Gasteiger charge is -2.11. The first-order valence-electron chi connectivity index (χ1n) is 8.23. The molecule has 4 rings (SSSR count). The van der Waals surface area contributed by atoms with Crippen LogP contribution in [0.25, 0.3) is 5.52 Å². The predicted molar refractivity (Wildman–Crippen MR) is 93.2 cm³/mol. The van der Waals surface area contributed by atoms with Crippen molar-refractivity contribution in [1.29, 1.82) is 0 Å². The molecule has 1 unspecified atom stereocenters. The van der Waals surface area contributed by atoms with E-state index in [0.29, 0.717) is 18.3 Å². The first-order chi connectivity index (χ1) is 12.2. The van der Waals surface area contributed by atoms with Crippen LogP contribution in [0.3, 0.4) is 0 Å². The topological polar surface area (TPSA) is 57.0 Å². The summed E-state index contributed by atoms with van der Waals surface area (Å²) in [6.45, 7) is 1.48. The zero-order valence-corrected chi connectivity index (χ0v) is 13.6. The molecule has 0 N–H and O–H groups in total. The normalized spacial score (nSPS) is 16.9. The summed E-state index contributed by atoms with van der Waals surface area (Å²) in [5.41, 5.74) is 1.54. The first-order valence-corrected chi connectivity index (χ1v) is 8.23. The third-order valence-electron chi connectivity index (χ3n) is 4.45. The summed E-state index contributed by atoms with van der Waals surface area (Å²) in [7, 11) is 0. The average molecular weight is 335 g/mol. The Hall–Kier alpha value is -2.92. The van der Waals surface area contributed by atoms with Crippen LogP contribution in [0.2, 0.25) is 0 Å². The highest BCUT2D eigenvalue weighted by Crippen LogP contribution is 2.25. The number of benzene rings is 1. The van der Waals surface area contributed by atoms with Crippen molar-refractivity contribution in [2.24, 2.45) is 0 Å². The van der Waals surface area contributed by atoms with E-state index in [9.17, 15) is 9.59 Å². The quantitative estimate of drug-likeness (QED) is 0.545. The van der Waals surface area contributed by atoms with Crippen molar-refractivity contribution in [3.8, 4) is 5.75 Å². The molecule has 1 saturated heterocycles. The molecule has 25 heavy (non-hydrogen) atoms. The fourth-order valence-corrected chi connectivity index (χ4v) is 3.08. The van der Waals surface area contributed by atoms with Crippen molar-refractivity contribution in [2.75, 3.05) is 13.2 Å². The van der Waals surface area contributed by atoms with Gasteiger partial charge in [0.05, 0.1) is 6.61 Å². The van der Waals surface area contributed by atoms with Crippen LogP contribution >= 0.6 is 0 Å². The number of aromatic nitrogens is 1. The third-order valence-corrected chi connectivity index (χ3v) is 4.45. The van der Waals surface area contributed by atoms with Crippen LogP contribution in [0.4, 0.5) is 0 Å². The van der Waals surface area contributed by atoms with Crippen molar-refractivity contribution >= 4 is 11.5 Å². The van der Waals surface area contributed by atoms with E-state index < -0.39 is 5.97 Å². The average Bonchev–Trinajstić information content (AvgIpc) is 3.17. The second kappa shape index (κ2) is 6.53. The SMILES string of the molecule is O=C(Oc1ccccc1)c1ccc2cc(C3CCOC3)ccn2c1=O. The molecule has 0 bridgehead atoms. The lowest BCUT2D eigenvalue weighted by molar-refractivity contribution is 0.0732. The molecule has 5 heteroatoms. The van der Waals surface area contributed by atoms with Crippen LogP contribution < -0.4 is 10.3 Å². The van der Waals surface area contributed by atoms with Gasteiger partial charge in [0.2, 0.25) is 0 Å². The number of hydrogen-bond acceptors (Lipinski definition) is 4. The molecule has 1 fully saturated rings. The number of para-hydroxylation sites is 1. The molecule has 3 aromatic rings. The highest BCUT2D eigenvalue weighted by Gasteiger charge is 2.19. The number of rotatable bonds is 3. The van der Waals surface area contributed by atoms with Gasteiger partial charge >= 0.3 is 5.97 Å². The van der Waals surface area contributed by atoms with E-state index in [1.807, 2.05) is 18.2 Å². The van der Waals surface area contributed by atoms with Crippen LogP contribution in [0.15, 0.2) is 65.6 Å². The molecule has 1 aromatic carbocycles. The molecule has 1 aliphatic heterocycles. The minimum absolute atomic E-state index is 0.0123. The van der Waals surface area contributed by atoms with Gasteiger partial charge in [-0.05, 0) is 48.4 Å². The van der Waals surface area contributed by atoms with Gasteiger partial charge in [0.15, 0.2) is 0 Å². The van der Waals surface area contributed by atoms with Gasteiger partial charge in [-0.25, -0.2) is 4.79 Å². The zero-order chi connectivity index (χ0) is 17.2. The molecule has 5 nitrogen and oxygen atoms in total. The van der Waals surface area contributed by atoms with E-state index in [4.69, 9.17) is 9.47 Å². The molecule has 0 spiro atoms. The van der Waals surface area contributed by atoms with Gasteiger partial charge in [0.1, 0.15) is 11.3 Å². The second-order valence-corrected chi connectivity index (χ2v) is 6.07. The molecule has 126 valence electrons. The highest BCUT2D eigenvalue weighted by atomic mass is 16.5. The molecule has 2 aromatic heterocycles. The summed E-state index contributed by atoms with van der Waals surface area (Å²) in [4.78, 5) is 24.9. The van der Waals surface area contributed by atoms with Crippen molar-refractivity contribution in [3.05, 3.63) is 82.3 Å². The van der Waals surface area contributed by atoms with Gasteiger partial charge in [-0.1, -0.05) is 18.2 Å². The number of hydrogen-bond donors (Lipinski definition) is 0. The highest BCUT2D eigenvalue weighted by molar-refractivity contribution is 5.91. The maximum absolute atomic E-state index is 12.6. The Morgan fingerprint density at radius 1 is 1.12 bits per heavy atom. The molecule has 0 radical (unpaired) electrons. The summed E-state index contributed by atoms with van der Waals surface area (Å²) in [5, 5.41) is 0. The maximum atomic E-state index is 12.6. The van der Waals surface area contributed by atoms with Gasteiger partial charge in [0, 0.05) is 24.2 Å². The second-order valence-electron chi connectivity index (χ2n) is 6.07. The number of fused-ring (bicyclic) bond motifs is 1.